The van der Waals surface area contributed by atoms with E-state index in [9.17, 15) is 9.59 Å². The molecule has 8 rings (SSSR count). The highest BCUT2D eigenvalue weighted by Gasteiger charge is 2.42. The summed E-state index contributed by atoms with van der Waals surface area (Å²) in [5, 5.41) is 0.240. The quantitative estimate of drug-likeness (QED) is 0.251. The number of H-pyrrole nitrogens is 1. The zero-order valence-electron chi connectivity index (χ0n) is 30.5. The molecule has 0 bridgehead atoms. The third-order valence-corrected chi connectivity index (χ3v) is 10.5. The van der Waals surface area contributed by atoms with Crippen molar-refractivity contribution in [2.45, 2.75) is 116 Å². The highest BCUT2D eigenvalue weighted by atomic mass is 35.5. The number of halogens is 1. The van der Waals surface area contributed by atoms with E-state index in [1.54, 1.807) is 48.1 Å². The van der Waals surface area contributed by atoms with E-state index in [1.165, 1.54) is 25.7 Å². The van der Waals surface area contributed by atoms with Gasteiger partial charge < -0.3 is 24.6 Å². The lowest BCUT2D eigenvalue weighted by molar-refractivity contribution is -0.120. The number of aromatic amines is 1. The van der Waals surface area contributed by atoms with Gasteiger partial charge in [0.05, 0.1) is 24.4 Å². The Morgan fingerprint density at radius 3 is 1.73 bits per heavy atom. The number of aromatic nitrogens is 8. The van der Waals surface area contributed by atoms with Gasteiger partial charge in [0.15, 0.2) is 11.6 Å². The maximum atomic E-state index is 12.9. The molecule has 4 aromatic heterocycles. The zero-order chi connectivity index (χ0) is 36.2. The van der Waals surface area contributed by atoms with Gasteiger partial charge in [-0.2, -0.15) is 9.97 Å². The molecule has 51 heavy (non-hydrogen) atoms. The van der Waals surface area contributed by atoms with Crippen LogP contribution in [-0.4, -0.2) is 89.5 Å². The van der Waals surface area contributed by atoms with Crippen LogP contribution < -0.4 is 19.6 Å². The van der Waals surface area contributed by atoms with E-state index in [-0.39, 0.29) is 29.2 Å². The average molecular weight is 717 g/mol. The van der Waals surface area contributed by atoms with Crippen molar-refractivity contribution < 1.29 is 9.59 Å². The van der Waals surface area contributed by atoms with Gasteiger partial charge in [-0.05, 0) is 64.0 Å². The van der Waals surface area contributed by atoms with E-state index in [1.807, 2.05) is 38.6 Å². The predicted octanol–water partition coefficient (Wildman–Crippen LogP) is 5.83. The standard InChI is InChI=1S/C18H24N6O.C14H19ClN4O.C4H6N2/c1-4-14-17(25)22(3)15-9-19-18(23-10-12(2)20-11-23)21-16(15)24(14)13-7-5-6-8-13;1-3-10-13(20)18(2)11-8-16-14(15)17-12(11)19(10)9-6-4-5-7-9;1-4-2-5-3-6-4/h9-11,13-14H,4-8H2,1-3H3;8-10H,3-7H2,1-2H3;2-3H,1H3,(H,5,6)/t14-;10-;/m11./s1. The van der Waals surface area contributed by atoms with E-state index >= 15 is 0 Å². The number of amides is 2. The predicted molar refractivity (Wildman–Crippen MR) is 199 cm³/mol. The van der Waals surface area contributed by atoms with Gasteiger partial charge in [-0.3, -0.25) is 14.2 Å². The maximum absolute atomic E-state index is 12.9. The van der Waals surface area contributed by atoms with Crippen LogP contribution in [0.3, 0.4) is 0 Å². The number of fused-ring (bicyclic) bond motifs is 2. The second-order valence-electron chi connectivity index (χ2n) is 13.7. The second-order valence-corrected chi connectivity index (χ2v) is 14.1. The summed E-state index contributed by atoms with van der Waals surface area (Å²) in [6.07, 6.45) is 21.4. The summed E-state index contributed by atoms with van der Waals surface area (Å²) in [5.74, 6) is 2.54. The van der Waals surface area contributed by atoms with Crippen molar-refractivity contribution >= 4 is 46.4 Å². The normalized spacial score (nSPS) is 20.5. The maximum Gasteiger partial charge on any atom is 0.249 e. The molecule has 0 aromatic carbocycles. The van der Waals surface area contributed by atoms with Crippen LogP contribution in [0.4, 0.5) is 23.0 Å². The first-order chi connectivity index (χ1) is 24.6. The number of nitrogens with one attached hydrogen (secondary N) is 1. The number of likely N-dealkylation sites (N-methyl/N-ethyl adjacent to an activating group) is 2. The number of rotatable bonds is 5. The summed E-state index contributed by atoms with van der Waals surface area (Å²) in [7, 11) is 3.60. The summed E-state index contributed by atoms with van der Waals surface area (Å²) >= 11 is 5.97. The van der Waals surface area contributed by atoms with Crippen LogP contribution in [0.15, 0.2) is 37.4 Å². The number of carbonyl (C=O) groups is 2. The molecule has 1 N–H and O–H groups in total. The van der Waals surface area contributed by atoms with Gasteiger partial charge in [0.25, 0.3) is 0 Å². The molecule has 14 nitrogen and oxygen atoms in total. The van der Waals surface area contributed by atoms with Crippen LogP contribution in [0.2, 0.25) is 5.28 Å². The number of hydrogen-bond acceptors (Lipinski definition) is 10. The van der Waals surface area contributed by atoms with E-state index < -0.39 is 0 Å². The first kappa shape index (κ1) is 36.2. The lowest BCUT2D eigenvalue weighted by Gasteiger charge is -2.43. The highest BCUT2D eigenvalue weighted by molar-refractivity contribution is 6.28. The van der Waals surface area contributed by atoms with Gasteiger partial charge in [-0.25, -0.2) is 19.9 Å². The van der Waals surface area contributed by atoms with Crippen molar-refractivity contribution in [3.8, 4) is 5.95 Å². The average Bonchev–Trinajstić information content (AvgIpc) is 3.98. The monoisotopic (exact) mass is 716 g/mol. The summed E-state index contributed by atoms with van der Waals surface area (Å²) < 4.78 is 1.83. The van der Waals surface area contributed by atoms with E-state index in [4.69, 9.17) is 16.6 Å². The van der Waals surface area contributed by atoms with Crippen molar-refractivity contribution in [1.29, 1.82) is 0 Å². The fraction of sp³-hybridized carbons (Fsp3) is 0.556. The van der Waals surface area contributed by atoms with Crippen molar-refractivity contribution in [1.82, 2.24) is 39.5 Å². The minimum absolute atomic E-state index is 0.123. The number of hydrogen-bond donors (Lipinski definition) is 1. The minimum atomic E-state index is -0.145. The Labute approximate surface area is 304 Å². The topological polar surface area (TPSA) is 145 Å². The van der Waals surface area contributed by atoms with Crippen molar-refractivity contribution in [2.75, 3.05) is 33.7 Å². The second kappa shape index (κ2) is 15.7. The molecule has 4 aliphatic rings. The van der Waals surface area contributed by atoms with Crippen LogP contribution in [0.1, 0.15) is 89.4 Å². The molecular weight excluding hydrogens is 668 g/mol. The molecule has 0 saturated heterocycles. The summed E-state index contributed by atoms with van der Waals surface area (Å²) in [5.41, 5.74) is 3.58. The van der Waals surface area contributed by atoms with Gasteiger partial charge >= 0.3 is 0 Å². The van der Waals surface area contributed by atoms with Crippen LogP contribution in [-0.2, 0) is 9.59 Å². The van der Waals surface area contributed by atoms with Gasteiger partial charge in [0.2, 0.25) is 23.0 Å². The Morgan fingerprint density at radius 2 is 1.29 bits per heavy atom. The largest absolute Gasteiger partial charge is 0.349 e. The van der Waals surface area contributed by atoms with Crippen molar-refractivity contribution in [2.24, 2.45) is 0 Å². The Kier molecular flexibility index (Phi) is 11.2. The summed E-state index contributed by atoms with van der Waals surface area (Å²) in [4.78, 5) is 61.9. The van der Waals surface area contributed by atoms with Crippen LogP contribution >= 0.6 is 11.6 Å². The van der Waals surface area contributed by atoms with E-state index in [0.717, 1.165) is 72.9 Å². The van der Waals surface area contributed by atoms with Gasteiger partial charge in [0.1, 0.15) is 29.8 Å². The third kappa shape index (κ3) is 7.42. The molecule has 2 aliphatic heterocycles. The first-order valence-corrected chi connectivity index (χ1v) is 18.5. The molecule has 6 heterocycles. The number of anilines is 4. The van der Waals surface area contributed by atoms with Gasteiger partial charge in [-0.15, -0.1) is 0 Å². The van der Waals surface area contributed by atoms with Crippen molar-refractivity contribution in [3.05, 3.63) is 54.1 Å². The van der Waals surface area contributed by atoms with Gasteiger partial charge in [-0.1, -0.05) is 39.5 Å². The lowest BCUT2D eigenvalue weighted by Crippen LogP contribution is -2.55. The fourth-order valence-electron chi connectivity index (χ4n) is 7.72. The Balaban J connectivity index is 0.000000154. The van der Waals surface area contributed by atoms with Crippen LogP contribution in [0.5, 0.6) is 0 Å². The molecule has 15 heteroatoms. The molecular formula is C36H49ClN12O2. The molecule has 2 amide bonds. The van der Waals surface area contributed by atoms with E-state index in [2.05, 4.69) is 46.6 Å². The number of nitrogens with zero attached hydrogens (tertiary/aromatic N) is 11. The minimum Gasteiger partial charge on any atom is -0.349 e. The Bertz CT molecular complexity index is 1800. The van der Waals surface area contributed by atoms with Gasteiger partial charge in [0, 0.05) is 44.3 Å². The highest BCUT2D eigenvalue weighted by Crippen LogP contribution is 2.41. The van der Waals surface area contributed by atoms with Crippen LogP contribution in [0, 0.1) is 13.8 Å². The molecule has 4 aromatic rings. The smallest absolute Gasteiger partial charge is 0.249 e. The lowest BCUT2D eigenvalue weighted by atomic mass is 10.0. The molecule has 0 spiro atoms. The zero-order valence-corrected chi connectivity index (χ0v) is 31.2. The summed E-state index contributed by atoms with van der Waals surface area (Å²) in [6, 6.07) is 0.491. The van der Waals surface area contributed by atoms with Crippen molar-refractivity contribution in [3.63, 3.8) is 0 Å². The van der Waals surface area contributed by atoms with E-state index in [0.29, 0.717) is 18.0 Å². The SMILES string of the molecule is CC[C@@H]1C(=O)N(C)c2cnc(-n3cnc(C)c3)nc2N1C1CCCC1.CC[C@@H]1C(=O)N(C)c2cnc(Cl)nc2N1C1CCCC1.Cc1cnc[nH]1. The third-order valence-electron chi connectivity index (χ3n) is 10.4. The fourth-order valence-corrected chi connectivity index (χ4v) is 7.85. The number of carbonyl (C=O) groups excluding carboxylic acids is 2. The molecule has 2 saturated carbocycles. The number of imidazole rings is 2. The Morgan fingerprint density at radius 1 is 0.765 bits per heavy atom. The molecule has 272 valence electrons. The molecule has 2 aliphatic carbocycles. The molecule has 0 unspecified atom stereocenters. The molecule has 2 atom stereocenters. The summed E-state index contributed by atoms with van der Waals surface area (Å²) in [6.45, 7) is 8.03. The first-order valence-electron chi connectivity index (χ1n) is 18.1. The Hall–Kier alpha value is -4.59. The molecule has 2 fully saturated rings. The number of aryl methyl sites for hydroxylation is 2. The molecule has 0 radical (unpaired) electrons. The van der Waals surface area contributed by atoms with Crippen LogP contribution in [0.25, 0.3) is 5.95 Å².